The van der Waals surface area contributed by atoms with Crippen LogP contribution in [-0.2, 0) is 4.74 Å². The Kier molecular flexibility index (Phi) is 2.49. The van der Waals surface area contributed by atoms with Crippen molar-refractivity contribution in [3.63, 3.8) is 0 Å². The number of hydrogen-bond donors (Lipinski definition) is 0. The molecule has 0 aliphatic carbocycles. The molecule has 0 aromatic carbocycles. The molecule has 1 fully saturated rings. The monoisotopic (exact) mass is 129 g/mol. The third-order valence-corrected chi connectivity index (χ3v) is 1.79. The third kappa shape index (κ3) is 2.33. The minimum Gasteiger partial charge on any atom is -0.377 e. The van der Waals surface area contributed by atoms with Crippen molar-refractivity contribution < 1.29 is 4.74 Å². The molecule has 9 heavy (non-hydrogen) atoms. The van der Waals surface area contributed by atoms with Crippen LogP contribution in [0.15, 0.2) is 0 Å². The summed E-state index contributed by atoms with van der Waals surface area (Å²) in [4.78, 5) is 2.31. The van der Waals surface area contributed by atoms with Crippen LogP contribution in [0, 0.1) is 0 Å². The molecule has 0 bridgehead atoms. The molecule has 1 atom stereocenters. The first kappa shape index (κ1) is 7.03. The van der Waals surface area contributed by atoms with E-state index in [1.54, 1.807) is 0 Å². The molecule has 0 N–H and O–H groups in total. The van der Waals surface area contributed by atoms with E-state index < -0.39 is 0 Å². The van der Waals surface area contributed by atoms with E-state index in [2.05, 4.69) is 18.9 Å². The number of hydrogen-bond acceptors (Lipinski definition) is 2. The van der Waals surface area contributed by atoms with Crippen LogP contribution in [0.3, 0.4) is 0 Å². The second-order valence-corrected chi connectivity index (χ2v) is 2.77. The molecule has 0 saturated carbocycles. The van der Waals surface area contributed by atoms with Crippen LogP contribution in [0.2, 0.25) is 0 Å². The number of likely N-dealkylation sites (N-methyl/N-ethyl adjacent to an activating group) is 1. The van der Waals surface area contributed by atoms with Crippen molar-refractivity contribution in [2.24, 2.45) is 0 Å². The molecule has 1 aliphatic rings. The topological polar surface area (TPSA) is 12.5 Å². The second kappa shape index (κ2) is 3.18. The Bertz CT molecular complexity index is 75.0. The van der Waals surface area contributed by atoms with Crippen molar-refractivity contribution in [3.05, 3.63) is 0 Å². The van der Waals surface area contributed by atoms with Crippen LogP contribution in [0.4, 0.5) is 0 Å². The van der Waals surface area contributed by atoms with E-state index in [4.69, 9.17) is 4.74 Å². The predicted molar refractivity (Wildman–Crippen MR) is 37.5 cm³/mol. The zero-order valence-corrected chi connectivity index (χ0v) is 6.26. The molecule has 1 heterocycles. The maximum absolute atomic E-state index is 5.43. The lowest BCUT2D eigenvalue weighted by Crippen LogP contribution is -2.20. The first-order valence-electron chi connectivity index (χ1n) is 3.59. The largest absolute Gasteiger partial charge is 0.377 e. The molecule has 0 radical (unpaired) electrons. The first-order valence-corrected chi connectivity index (χ1v) is 3.59. The molecular formula is C7H15NO. The van der Waals surface area contributed by atoms with E-state index >= 15 is 0 Å². The van der Waals surface area contributed by atoms with E-state index in [-0.39, 0.29) is 0 Å². The molecule has 54 valence electrons. The Balaban J connectivity index is 2.25. The third-order valence-electron chi connectivity index (χ3n) is 1.79. The zero-order chi connectivity index (χ0) is 6.69. The van der Waals surface area contributed by atoms with E-state index in [9.17, 15) is 0 Å². The van der Waals surface area contributed by atoms with E-state index in [1.807, 2.05) is 0 Å². The van der Waals surface area contributed by atoms with Gasteiger partial charge in [-0.3, -0.25) is 0 Å². The van der Waals surface area contributed by atoms with Gasteiger partial charge >= 0.3 is 0 Å². The van der Waals surface area contributed by atoms with Gasteiger partial charge in [0.25, 0.3) is 0 Å². The summed E-state index contributed by atoms with van der Waals surface area (Å²) in [6.45, 7) is 5.31. The van der Waals surface area contributed by atoms with Gasteiger partial charge in [-0.15, -0.1) is 0 Å². The van der Waals surface area contributed by atoms with Crippen LogP contribution < -0.4 is 0 Å². The molecule has 0 aromatic heterocycles. The zero-order valence-electron chi connectivity index (χ0n) is 6.26. The molecule has 0 aromatic rings. The van der Waals surface area contributed by atoms with Gasteiger partial charge in [0.1, 0.15) is 0 Å². The van der Waals surface area contributed by atoms with Gasteiger partial charge in [0.15, 0.2) is 0 Å². The molecule has 1 unspecified atom stereocenters. The van der Waals surface area contributed by atoms with Crippen molar-refractivity contribution in [2.75, 3.05) is 26.7 Å². The van der Waals surface area contributed by atoms with Gasteiger partial charge in [0.2, 0.25) is 0 Å². The highest BCUT2D eigenvalue weighted by molar-refractivity contribution is 4.60. The van der Waals surface area contributed by atoms with Crippen molar-refractivity contribution in [1.82, 2.24) is 4.90 Å². The van der Waals surface area contributed by atoms with E-state index in [0.29, 0.717) is 6.10 Å². The smallest absolute Gasteiger partial charge is 0.0596 e. The minimum absolute atomic E-state index is 0.468. The molecular weight excluding hydrogens is 114 g/mol. The number of rotatable bonds is 0. The highest BCUT2D eigenvalue weighted by Gasteiger charge is 2.09. The van der Waals surface area contributed by atoms with Crippen LogP contribution in [-0.4, -0.2) is 37.7 Å². The fourth-order valence-electron chi connectivity index (χ4n) is 1.01. The molecule has 1 rings (SSSR count). The number of nitrogens with zero attached hydrogens (tertiary/aromatic N) is 1. The van der Waals surface area contributed by atoms with Crippen molar-refractivity contribution in [2.45, 2.75) is 19.4 Å². The Hall–Kier alpha value is -0.0800. The molecule has 0 amide bonds. The van der Waals surface area contributed by atoms with Crippen LogP contribution >= 0.6 is 0 Å². The predicted octanol–water partition coefficient (Wildman–Crippen LogP) is 0.727. The molecule has 0 spiro atoms. The average Bonchev–Trinajstić information content (AvgIpc) is 1.97. The highest BCUT2D eigenvalue weighted by Crippen LogP contribution is 2.03. The fourth-order valence-corrected chi connectivity index (χ4v) is 1.01. The Morgan fingerprint density at radius 2 is 2.22 bits per heavy atom. The van der Waals surface area contributed by atoms with Gasteiger partial charge in [-0.05, 0) is 20.4 Å². The Morgan fingerprint density at radius 1 is 1.44 bits per heavy atom. The average molecular weight is 129 g/mol. The Morgan fingerprint density at radius 3 is 3.00 bits per heavy atom. The fraction of sp³-hybridized carbons (Fsp3) is 1.00. The summed E-state index contributed by atoms with van der Waals surface area (Å²) in [5.74, 6) is 0. The maximum Gasteiger partial charge on any atom is 0.0596 e. The van der Waals surface area contributed by atoms with Gasteiger partial charge in [0.05, 0.1) is 12.7 Å². The maximum atomic E-state index is 5.43. The van der Waals surface area contributed by atoms with Crippen molar-refractivity contribution in [1.29, 1.82) is 0 Å². The van der Waals surface area contributed by atoms with Gasteiger partial charge in [-0.2, -0.15) is 0 Å². The minimum atomic E-state index is 0.468. The SMILES string of the molecule is CC1CCN(C)CCO1. The lowest BCUT2D eigenvalue weighted by molar-refractivity contribution is 0.0759. The molecule has 2 nitrogen and oxygen atoms in total. The van der Waals surface area contributed by atoms with Gasteiger partial charge in [-0.1, -0.05) is 0 Å². The second-order valence-electron chi connectivity index (χ2n) is 2.77. The quantitative estimate of drug-likeness (QED) is 0.478. The van der Waals surface area contributed by atoms with Crippen LogP contribution in [0.1, 0.15) is 13.3 Å². The summed E-state index contributed by atoms with van der Waals surface area (Å²) in [5.41, 5.74) is 0. The summed E-state index contributed by atoms with van der Waals surface area (Å²) in [6, 6.07) is 0. The summed E-state index contributed by atoms with van der Waals surface area (Å²) < 4.78 is 5.43. The normalized spacial score (nSPS) is 32.0. The van der Waals surface area contributed by atoms with Crippen molar-refractivity contribution in [3.8, 4) is 0 Å². The van der Waals surface area contributed by atoms with E-state index in [1.165, 1.54) is 13.0 Å². The summed E-state index contributed by atoms with van der Waals surface area (Å²) >= 11 is 0. The highest BCUT2D eigenvalue weighted by atomic mass is 16.5. The van der Waals surface area contributed by atoms with E-state index in [0.717, 1.165) is 13.2 Å². The Labute approximate surface area is 56.8 Å². The van der Waals surface area contributed by atoms with Crippen LogP contribution in [0.5, 0.6) is 0 Å². The van der Waals surface area contributed by atoms with Crippen LogP contribution in [0.25, 0.3) is 0 Å². The first-order chi connectivity index (χ1) is 4.29. The van der Waals surface area contributed by atoms with Gasteiger partial charge in [0, 0.05) is 13.1 Å². The number of ether oxygens (including phenoxy) is 1. The van der Waals surface area contributed by atoms with Crippen molar-refractivity contribution >= 4 is 0 Å². The van der Waals surface area contributed by atoms with Gasteiger partial charge in [-0.25, -0.2) is 0 Å². The summed E-state index contributed by atoms with van der Waals surface area (Å²) in [7, 11) is 2.14. The standard InChI is InChI=1S/C7H15NO/c1-7-3-4-8(2)5-6-9-7/h7H,3-6H2,1-2H3. The lowest BCUT2D eigenvalue weighted by atomic mass is 10.3. The molecule has 2 heteroatoms. The molecule has 1 saturated heterocycles. The summed E-state index contributed by atoms with van der Waals surface area (Å²) in [5, 5.41) is 0. The molecule has 1 aliphatic heterocycles. The summed E-state index contributed by atoms with van der Waals surface area (Å²) in [6.07, 6.45) is 1.64. The lowest BCUT2D eigenvalue weighted by Gasteiger charge is -2.09. The van der Waals surface area contributed by atoms with Gasteiger partial charge < -0.3 is 9.64 Å².